The Morgan fingerprint density at radius 3 is 2.64 bits per heavy atom. The average Bonchev–Trinajstić information content (AvgIpc) is 2.74. The predicted octanol–water partition coefficient (Wildman–Crippen LogP) is 2.05. The van der Waals surface area contributed by atoms with Crippen LogP contribution in [-0.2, 0) is 17.7 Å². The quantitative estimate of drug-likeness (QED) is 0.813. The van der Waals surface area contributed by atoms with E-state index in [1.165, 1.54) is 11.1 Å². The van der Waals surface area contributed by atoms with Gasteiger partial charge in [0, 0.05) is 45.5 Å². The summed E-state index contributed by atoms with van der Waals surface area (Å²) in [5.41, 5.74) is 3.51. The van der Waals surface area contributed by atoms with Gasteiger partial charge >= 0.3 is 0 Å². The van der Waals surface area contributed by atoms with Crippen molar-refractivity contribution in [1.29, 1.82) is 0 Å². The second-order valence-corrected chi connectivity index (χ2v) is 7.73. The summed E-state index contributed by atoms with van der Waals surface area (Å²) in [5, 5.41) is 0. The number of pyridine rings is 1. The molecule has 3 heterocycles. The van der Waals surface area contributed by atoms with Crippen LogP contribution in [-0.4, -0.2) is 73.7 Å². The van der Waals surface area contributed by atoms with Gasteiger partial charge in [0.2, 0.25) is 0 Å². The van der Waals surface area contributed by atoms with Crippen LogP contribution in [0.25, 0.3) is 0 Å². The number of hydrogen-bond donors (Lipinski definition) is 0. The molecule has 1 saturated heterocycles. The van der Waals surface area contributed by atoms with Crippen molar-refractivity contribution in [2.45, 2.75) is 19.0 Å². The summed E-state index contributed by atoms with van der Waals surface area (Å²) in [6.07, 6.45) is 2.74. The number of morpholine rings is 1. The zero-order chi connectivity index (χ0) is 19.5. The van der Waals surface area contributed by atoms with E-state index in [0.717, 1.165) is 25.3 Å². The van der Waals surface area contributed by atoms with Gasteiger partial charge in [0.15, 0.2) is 0 Å². The lowest BCUT2D eigenvalue weighted by molar-refractivity contribution is 0.0302. The number of fused-ring (bicyclic) bond motifs is 1. The highest BCUT2D eigenvalue weighted by atomic mass is 16.5. The average molecular weight is 380 g/mol. The molecule has 1 aromatic carbocycles. The SMILES string of the molecule is CN(CC1Cc2ccccc2CN1C)c1ccc(C(=O)N2CCOCC2)cn1. The van der Waals surface area contributed by atoms with Gasteiger partial charge in [0.25, 0.3) is 5.91 Å². The third-order valence-corrected chi connectivity index (χ3v) is 5.79. The van der Waals surface area contributed by atoms with Crippen molar-refractivity contribution >= 4 is 11.7 Å². The van der Waals surface area contributed by atoms with Crippen LogP contribution in [0.1, 0.15) is 21.5 Å². The van der Waals surface area contributed by atoms with Crippen molar-refractivity contribution in [3.63, 3.8) is 0 Å². The Balaban J connectivity index is 1.40. The Hall–Kier alpha value is -2.44. The van der Waals surface area contributed by atoms with Crippen LogP contribution in [0.3, 0.4) is 0 Å². The summed E-state index contributed by atoms with van der Waals surface area (Å²) in [6.45, 7) is 4.39. The fourth-order valence-electron chi connectivity index (χ4n) is 4.02. The van der Waals surface area contributed by atoms with Gasteiger partial charge in [0.1, 0.15) is 5.82 Å². The molecule has 0 bridgehead atoms. The highest BCUT2D eigenvalue weighted by Gasteiger charge is 2.25. The van der Waals surface area contributed by atoms with Crippen molar-refractivity contribution in [2.24, 2.45) is 0 Å². The molecule has 148 valence electrons. The van der Waals surface area contributed by atoms with Gasteiger partial charge in [-0.2, -0.15) is 0 Å². The second-order valence-electron chi connectivity index (χ2n) is 7.73. The lowest BCUT2D eigenvalue weighted by Gasteiger charge is -2.36. The van der Waals surface area contributed by atoms with Gasteiger partial charge in [-0.05, 0) is 36.7 Å². The minimum absolute atomic E-state index is 0.0358. The number of aromatic nitrogens is 1. The molecular formula is C22H28N4O2. The van der Waals surface area contributed by atoms with Gasteiger partial charge in [-0.3, -0.25) is 9.69 Å². The molecule has 0 spiro atoms. The van der Waals surface area contributed by atoms with E-state index in [9.17, 15) is 4.79 Å². The molecule has 6 nitrogen and oxygen atoms in total. The van der Waals surface area contributed by atoms with E-state index < -0.39 is 0 Å². The number of likely N-dealkylation sites (N-methyl/N-ethyl adjacent to an activating group) is 2. The number of hydrogen-bond acceptors (Lipinski definition) is 5. The maximum absolute atomic E-state index is 12.6. The topological polar surface area (TPSA) is 48.9 Å². The molecule has 0 saturated carbocycles. The number of anilines is 1. The van der Waals surface area contributed by atoms with Gasteiger partial charge in [-0.25, -0.2) is 4.98 Å². The van der Waals surface area contributed by atoms with Crippen molar-refractivity contribution in [3.05, 3.63) is 59.3 Å². The summed E-state index contributed by atoms with van der Waals surface area (Å²) in [6, 6.07) is 13.0. The van der Waals surface area contributed by atoms with Gasteiger partial charge < -0.3 is 14.5 Å². The van der Waals surface area contributed by atoms with E-state index in [0.29, 0.717) is 37.9 Å². The number of carbonyl (C=O) groups is 1. The van der Waals surface area contributed by atoms with Crippen molar-refractivity contribution in [3.8, 4) is 0 Å². The lowest BCUT2D eigenvalue weighted by atomic mass is 9.94. The van der Waals surface area contributed by atoms with E-state index >= 15 is 0 Å². The monoisotopic (exact) mass is 380 g/mol. The molecule has 4 rings (SSSR count). The third kappa shape index (κ3) is 4.03. The molecule has 2 aliphatic heterocycles. The fraction of sp³-hybridized carbons (Fsp3) is 0.455. The predicted molar refractivity (Wildman–Crippen MR) is 110 cm³/mol. The van der Waals surface area contributed by atoms with E-state index in [1.54, 1.807) is 6.20 Å². The first-order chi connectivity index (χ1) is 13.6. The molecule has 1 amide bonds. The zero-order valence-electron chi connectivity index (χ0n) is 16.7. The summed E-state index contributed by atoms with van der Waals surface area (Å²) < 4.78 is 5.32. The minimum Gasteiger partial charge on any atom is -0.378 e. The molecule has 1 unspecified atom stereocenters. The standard InChI is InChI=1S/C22H28N4O2/c1-24-15-19-6-4-3-5-17(19)13-20(24)16-25(2)21-8-7-18(14-23-21)22(27)26-9-11-28-12-10-26/h3-8,14,20H,9-13,15-16H2,1-2H3. The molecule has 1 aromatic heterocycles. The van der Waals surface area contributed by atoms with E-state index in [1.807, 2.05) is 17.0 Å². The molecule has 1 fully saturated rings. The molecule has 1 atom stereocenters. The normalized spacial score (nSPS) is 19.9. The molecule has 0 N–H and O–H groups in total. The molecule has 2 aromatic rings. The first kappa shape index (κ1) is 18.9. The molecule has 6 heteroatoms. The largest absolute Gasteiger partial charge is 0.378 e. The Morgan fingerprint density at radius 2 is 1.93 bits per heavy atom. The van der Waals surface area contributed by atoms with Crippen LogP contribution in [0.5, 0.6) is 0 Å². The molecular weight excluding hydrogens is 352 g/mol. The van der Waals surface area contributed by atoms with Crippen LogP contribution in [0, 0.1) is 0 Å². The highest BCUT2D eigenvalue weighted by molar-refractivity contribution is 5.94. The van der Waals surface area contributed by atoms with Crippen LogP contribution in [0.15, 0.2) is 42.6 Å². The maximum atomic E-state index is 12.6. The summed E-state index contributed by atoms with van der Waals surface area (Å²) >= 11 is 0. The Bertz CT molecular complexity index is 818. The Morgan fingerprint density at radius 1 is 1.18 bits per heavy atom. The van der Waals surface area contributed by atoms with E-state index in [2.05, 4.69) is 53.1 Å². The van der Waals surface area contributed by atoms with Gasteiger partial charge in [-0.1, -0.05) is 24.3 Å². The number of rotatable bonds is 4. The maximum Gasteiger partial charge on any atom is 0.255 e. The number of amides is 1. The van der Waals surface area contributed by atoms with Crippen LogP contribution in [0.4, 0.5) is 5.82 Å². The van der Waals surface area contributed by atoms with Crippen molar-refractivity contribution in [2.75, 3.05) is 51.8 Å². The first-order valence-electron chi connectivity index (χ1n) is 9.93. The van der Waals surface area contributed by atoms with Crippen LogP contribution < -0.4 is 4.90 Å². The molecule has 2 aliphatic rings. The van der Waals surface area contributed by atoms with E-state index in [4.69, 9.17) is 4.74 Å². The van der Waals surface area contributed by atoms with Gasteiger partial charge in [0.05, 0.1) is 18.8 Å². The fourth-order valence-corrected chi connectivity index (χ4v) is 4.02. The zero-order valence-corrected chi connectivity index (χ0v) is 16.7. The van der Waals surface area contributed by atoms with Crippen LogP contribution in [0.2, 0.25) is 0 Å². The third-order valence-electron chi connectivity index (χ3n) is 5.79. The second kappa shape index (κ2) is 8.29. The van der Waals surface area contributed by atoms with Crippen molar-refractivity contribution < 1.29 is 9.53 Å². The van der Waals surface area contributed by atoms with Crippen LogP contribution >= 0.6 is 0 Å². The summed E-state index contributed by atoms with van der Waals surface area (Å²) in [5.74, 6) is 0.930. The smallest absolute Gasteiger partial charge is 0.255 e. The Kier molecular flexibility index (Phi) is 5.59. The minimum atomic E-state index is 0.0358. The van der Waals surface area contributed by atoms with Gasteiger partial charge in [-0.15, -0.1) is 0 Å². The summed E-state index contributed by atoms with van der Waals surface area (Å²) in [4.78, 5) is 23.5. The summed E-state index contributed by atoms with van der Waals surface area (Å²) in [7, 11) is 4.26. The number of carbonyl (C=O) groups excluding carboxylic acids is 1. The Labute approximate surface area is 166 Å². The lowest BCUT2D eigenvalue weighted by Crippen LogP contribution is -2.45. The number of benzene rings is 1. The first-order valence-corrected chi connectivity index (χ1v) is 9.93. The molecule has 0 aliphatic carbocycles. The van der Waals surface area contributed by atoms with E-state index in [-0.39, 0.29) is 5.91 Å². The number of nitrogens with zero attached hydrogens (tertiary/aromatic N) is 4. The highest BCUT2D eigenvalue weighted by Crippen LogP contribution is 2.23. The molecule has 28 heavy (non-hydrogen) atoms. The number of ether oxygens (including phenoxy) is 1. The van der Waals surface area contributed by atoms with Crippen molar-refractivity contribution in [1.82, 2.24) is 14.8 Å². The molecule has 0 radical (unpaired) electrons.